The molecule has 6 heteroatoms. The highest BCUT2D eigenvalue weighted by atomic mass is 16.5. The Kier molecular flexibility index (Phi) is 5.54. The molecule has 27 heavy (non-hydrogen) atoms. The van der Waals surface area contributed by atoms with E-state index in [1.54, 1.807) is 48.5 Å². The van der Waals surface area contributed by atoms with E-state index >= 15 is 0 Å². The molecule has 2 aromatic rings. The Morgan fingerprint density at radius 2 is 1.59 bits per heavy atom. The van der Waals surface area contributed by atoms with Crippen molar-refractivity contribution in [3.8, 4) is 5.75 Å². The van der Waals surface area contributed by atoms with Gasteiger partial charge < -0.3 is 15.4 Å². The molecule has 0 heterocycles. The number of hydrogen-bond acceptors (Lipinski definition) is 4. The molecule has 2 unspecified atom stereocenters. The Hall–Kier alpha value is -3.15. The Labute approximate surface area is 157 Å². The molecule has 0 spiro atoms. The number of ketones is 1. The lowest BCUT2D eigenvalue weighted by Crippen LogP contribution is -2.20. The second-order valence-electron chi connectivity index (χ2n) is 6.52. The zero-order valence-corrected chi connectivity index (χ0v) is 15.3. The summed E-state index contributed by atoms with van der Waals surface area (Å²) in [5, 5.41) is 5.61. The summed E-state index contributed by atoms with van der Waals surface area (Å²) in [5.74, 6) is -0.391. The number of hydrogen-bond donors (Lipinski definition) is 2. The number of Topliss-reactive ketones (excluding diaryl/α,β-unsaturated/α-hetero) is 1. The van der Waals surface area contributed by atoms with Gasteiger partial charge in [0, 0.05) is 16.9 Å². The van der Waals surface area contributed by atoms with E-state index in [0.717, 1.165) is 5.75 Å². The highest BCUT2D eigenvalue weighted by molar-refractivity contribution is 6.04. The Morgan fingerprint density at radius 3 is 2.19 bits per heavy atom. The maximum Gasteiger partial charge on any atom is 0.228 e. The van der Waals surface area contributed by atoms with Crippen LogP contribution in [0.3, 0.4) is 0 Å². The Balaban J connectivity index is 1.53. The number of anilines is 2. The first-order chi connectivity index (χ1) is 13.0. The minimum absolute atomic E-state index is 0.0647. The van der Waals surface area contributed by atoms with Crippen molar-refractivity contribution < 1.29 is 19.1 Å². The molecule has 1 fully saturated rings. The highest BCUT2D eigenvalue weighted by Gasteiger charge is 2.48. The van der Waals surface area contributed by atoms with Crippen LogP contribution in [0, 0.1) is 11.8 Å². The second kappa shape index (κ2) is 8.03. The van der Waals surface area contributed by atoms with Gasteiger partial charge in [-0.15, -0.1) is 0 Å². The lowest BCUT2D eigenvalue weighted by molar-refractivity contribution is -0.122. The molecule has 1 saturated carbocycles. The van der Waals surface area contributed by atoms with Gasteiger partial charge in [0.2, 0.25) is 11.8 Å². The van der Waals surface area contributed by atoms with Gasteiger partial charge in [0.15, 0.2) is 5.78 Å². The molecule has 2 aromatic carbocycles. The van der Waals surface area contributed by atoms with Crippen LogP contribution < -0.4 is 15.4 Å². The first-order valence-corrected chi connectivity index (χ1v) is 8.93. The molecule has 0 bridgehead atoms. The average molecular weight is 366 g/mol. The quantitative estimate of drug-likeness (QED) is 0.735. The summed E-state index contributed by atoms with van der Waals surface area (Å²) in [6.07, 6.45) is 0.515. The number of nitrogens with one attached hydrogen (secondary N) is 2. The normalized spacial score (nSPS) is 17.7. The number of benzene rings is 2. The summed E-state index contributed by atoms with van der Waals surface area (Å²) < 4.78 is 5.37. The van der Waals surface area contributed by atoms with Crippen LogP contribution in [0.25, 0.3) is 0 Å². The van der Waals surface area contributed by atoms with Crippen molar-refractivity contribution in [3.63, 3.8) is 0 Å². The molecule has 1 aliphatic rings. The van der Waals surface area contributed by atoms with Crippen molar-refractivity contribution >= 4 is 29.0 Å². The lowest BCUT2D eigenvalue weighted by atomic mass is 10.1. The molecule has 140 valence electrons. The van der Waals surface area contributed by atoms with Crippen molar-refractivity contribution in [2.45, 2.75) is 20.3 Å². The van der Waals surface area contributed by atoms with E-state index in [0.29, 0.717) is 30.0 Å². The van der Waals surface area contributed by atoms with Crippen molar-refractivity contribution in [2.24, 2.45) is 11.8 Å². The fourth-order valence-electron chi connectivity index (χ4n) is 2.86. The molecular formula is C21H22N2O4. The van der Waals surface area contributed by atoms with Gasteiger partial charge in [-0.25, -0.2) is 0 Å². The molecular weight excluding hydrogens is 344 g/mol. The topological polar surface area (TPSA) is 84.5 Å². The number of rotatable bonds is 7. The van der Waals surface area contributed by atoms with Crippen molar-refractivity contribution in [3.05, 3.63) is 54.1 Å². The average Bonchev–Trinajstić information content (AvgIpc) is 3.45. The minimum Gasteiger partial charge on any atom is -0.494 e. The van der Waals surface area contributed by atoms with E-state index < -0.39 is 0 Å². The maximum atomic E-state index is 12.3. The molecule has 2 amide bonds. The number of amides is 2. The van der Waals surface area contributed by atoms with E-state index in [9.17, 15) is 14.4 Å². The van der Waals surface area contributed by atoms with Crippen LogP contribution in [-0.2, 0) is 9.59 Å². The van der Waals surface area contributed by atoms with E-state index in [4.69, 9.17) is 4.74 Å². The highest BCUT2D eigenvalue weighted by Crippen LogP contribution is 2.40. The van der Waals surface area contributed by atoms with E-state index in [-0.39, 0.29) is 29.4 Å². The predicted octanol–water partition coefficient (Wildman–Crippen LogP) is 3.50. The fourth-order valence-corrected chi connectivity index (χ4v) is 2.86. The SMILES string of the molecule is CCOc1ccc(NC(=O)C2CC2C(=O)Nc2cccc(C(C)=O)c2)cc1. The van der Waals surface area contributed by atoms with E-state index in [1.807, 2.05) is 6.92 Å². The molecule has 3 rings (SSSR count). The second-order valence-corrected chi connectivity index (χ2v) is 6.52. The first-order valence-electron chi connectivity index (χ1n) is 8.93. The van der Waals surface area contributed by atoms with Gasteiger partial charge in [-0.2, -0.15) is 0 Å². The standard InChI is InChI=1S/C21H22N2O4/c1-3-27-17-9-7-15(8-10-17)22-20(25)18-12-19(18)21(26)23-16-6-4-5-14(11-16)13(2)24/h4-11,18-19H,3,12H2,1-2H3,(H,22,25)(H,23,26). The summed E-state index contributed by atoms with van der Waals surface area (Å²) in [7, 11) is 0. The van der Waals surface area contributed by atoms with E-state index in [2.05, 4.69) is 10.6 Å². The van der Waals surface area contributed by atoms with Gasteiger partial charge in [0.25, 0.3) is 0 Å². The van der Waals surface area contributed by atoms with Crippen LogP contribution in [0.1, 0.15) is 30.6 Å². The van der Waals surface area contributed by atoms with Crippen LogP contribution in [0.5, 0.6) is 5.75 Å². The number of ether oxygens (including phenoxy) is 1. The minimum atomic E-state index is -0.353. The molecule has 2 N–H and O–H groups in total. The largest absolute Gasteiger partial charge is 0.494 e. The van der Waals surface area contributed by atoms with Gasteiger partial charge in [0.05, 0.1) is 18.4 Å². The summed E-state index contributed by atoms with van der Waals surface area (Å²) in [5.41, 5.74) is 1.77. The van der Waals surface area contributed by atoms with Crippen molar-refractivity contribution in [1.29, 1.82) is 0 Å². The third-order valence-corrected chi connectivity index (χ3v) is 4.43. The Morgan fingerprint density at radius 1 is 0.963 bits per heavy atom. The maximum absolute atomic E-state index is 12.3. The first kappa shape index (κ1) is 18.6. The molecule has 0 aliphatic heterocycles. The third-order valence-electron chi connectivity index (χ3n) is 4.43. The zero-order chi connectivity index (χ0) is 19.4. The fraction of sp³-hybridized carbons (Fsp3) is 0.286. The number of carbonyl (C=O) groups excluding carboxylic acids is 3. The molecule has 6 nitrogen and oxygen atoms in total. The van der Waals surface area contributed by atoms with Gasteiger partial charge in [-0.1, -0.05) is 12.1 Å². The predicted molar refractivity (Wildman–Crippen MR) is 103 cm³/mol. The van der Waals surface area contributed by atoms with Crippen molar-refractivity contribution in [2.75, 3.05) is 17.2 Å². The van der Waals surface area contributed by atoms with Gasteiger partial charge in [0.1, 0.15) is 5.75 Å². The monoisotopic (exact) mass is 366 g/mol. The van der Waals surface area contributed by atoms with Crippen LogP contribution in [-0.4, -0.2) is 24.2 Å². The van der Waals surface area contributed by atoms with Crippen LogP contribution in [0.4, 0.5) is 11.4 Å². The Bertz CT molecular complexity index is 861. The van der Waals surface area contributed by atoms with Crippen LogP contribution in [0.2, 0.25) is 0 Å². The third kappa shape index (κ3) is 4.73. The molecule has 2 atom stereocenters. The smallest absolute Gasteiger partial charge is 0.228 e. The summed E-state index contributed by atoms with van der Waals surface area (Å²) >= 11 is 0. The molecule has 0 aromatic heterocycles. The van der Waals surface area contributed by atoms with Crippen LogP contribution >= 0.6 is 0 Å². The van der Waals surface area contributed by atoms with Gasteiger partial charge in [-0.3, -0.25) is 14.4 Å². The zero-order valence-electron chi connectivity index (χ0n) is 15.3. The number of carbonyl (C=O) groups is 3. The molecule has 1 aliphatic carbocycles. The molecule has 0 saturated heterocycles. The van der Waals surface area contributed by atoms with Gasteiger partial charge >= 0.3 is 0 Å². The lowest BCUT2D eigenvalue weighted by Gasteiger charge is -2.08. The molecule has 0 radical (unpaired) electrons. The summed E-state index contributed by atoms with van der Waals surface area (Å²) in [4.78, 5) is 36.1. The summed E-state index contributed by atoms with van der Waals surface area (Å²) in [6, 6.07) is 13.9. The van der Waals surface area contributed by atoms with E-state index in [1.165, 1.54) is 6.92 Å². The van der Waals surface area contributed by atoms with Gasteiger partial charge in [-0.05, 0) is 56.7 Å². The van der Waals surface area contributed by atoms with Crippen molar-refractivity contribution in [1.82, 2.24) is 0 Å². The summed E-state index contributed by atoms with van der Waals surface area (Å²) in [6.45, 7) is 3.97. The van der Waals surface area contributed by atoms with Crippen LogP contribution in [0.15, 0.2) is 48.5 Å².